The average Bonchev–Trinajstić information content (AvgIpc) is 3.39. The van der Waals surface area contributed by atoms with E-state index in [0.29, 0.717) is 0 Å². The standard InChI is InChI=1S/C33H25NO.C4H8.C3H8.C3H6.C2H6/c1-20(17-18-35)24-12-7-21-10-15-28-25(13-8-22-9-14-27(24)32(21)33(22)28)23-11-16-31-29(19-23)26-5-3-4-6-30(26)34(31)2;1-3-4-2;2*1-3-2;1-2/h3-20,35H,1-2H3;3-4H,1-2H3;3H2,1-2H3;3H,1H2,2H3;1-2H3/b18-17-;4-3-;;;. The van der Waals surface area contributed by atoms with Crippen LogP contribution in [-0.2, 0) is 7.05 Å². The molecule has 0 amide bonds. The van der Waals surface area contributed by atoms with Crippen LogP contribution in [0.1, 0.15) is 73.3 Å². The molecule has 1 unspecified atom stereocenters. The molecule has 0 fully saturated rings. The molecule has 0 saturated carbocycles. The Labute approximate surface area is 282 Å². The number of hydrogen-bond donors (Lipinski definition) is 1. The summed E-state index contributed by atoms with van der Waals surface area (Å²) in [5.41, 5.74) is 6.25. The maximum atomic E-state index is 9.36. The Balaban J connectivity index is 0.000000441. The number of fused-ring (bicyclic) bond motifs is 3. The minimum Gasteiger partial charge on any atom is -0.516 e. The molecule has 7 aromatic rings. The summed E-state index contributed by atoms with van der Waals surface area (Å²) in [6, 6.07) is 33.4. The Morgan fingerprint density at radius 1 is 0.702 bits per heavy atom. The van der Waals surface area contributed by atoms with E-state index in [1.807, 2.05) is 52.8 Å². The predicted octanol–water partition coefficient (Wildman–Crippen LogP) is 14.3. The summed E-state index contributed by atoms with van der Waals surface area (Å²) in [4.78, 5) is 0. The number of aromatic nitrogens is 1. The lowest BCUT2D eigenvalue weighted by Gasteiger charge is -2.18. The van der Waals surface area contributed by atoms with Crippen molar-refractivity contribution in [1.82, 2.24) is 4.57 Å². The zero-order chi connectivity index (χ0) is 34.5. The third-order valence-corrected chi connectivity index (χ3v) is 8.12. The molecule has 1 atom stereocenters. The summed E-state index contributed by atoms with van der Waals surface area (Å²) in [6.45, 7) is 19.6. The molecule has 47 heavy (non-hydrogen) atoms. The topological polar surface area (TPSA) is 25.2 Å². The molecule has 1 heterocycles. The van der Waals surface area contributed by atoms with E-state index in [0.717, 1.165) is 6.26 Å². The fourth-order valence-electron chi connectivity index (χ4n) is 6.04. The van der Waals surface area contributed by atoms with Gasteiger partial charge in [0.25, 0.3) is 0 Å². The highest BCUT2D eigenvalue weighted by atomic mass is 16.2. The van der Waals surface area contributed by atoms with Gasteiger partial charge in [0.2, 0.25) is 0 Å². The Kier molecular flexibility index (Phi) is 13.8. The predicted molar refractivity (Wildman–Crippen MR) is 213 cm³/mol. The number of aryl methyl sites for hydroxylation is 1. The first-order valence-electron chi connectivity index (χ1n) is 17.0. The molecule has 0 spiro atoms. The third kappa shape index (κ3) is 7.60. The number of benzene rings is 6. The minimum absolute atomic E-state index is 0.137. The van der Waals surface area contributed by atoms with Gasteiger partial charge in [0.15, 0.2) is 0 Å². The lowest BCUT2D eigenvalue weighted by Crippen LogP contribution is -1.94. The van der Waals surface area contributed by atoms with Gasteiger partial charge in [0, 0.05) is 34.8 Å². The molecule has 0 bridgehead atoms. The number of aliphatic hydroxyl groups is 1. The SMILES string of the molecule is C/C=C\C.C=CC.CC.CC(/C=C\O)c1ccc2ccc3c(-c4ccc5c(c4)c4ccccc4n5C)ccc4ccc1c2c43.CCC. The van der Waals surface area contributed by atoms with Crippen molar-refractivity contribution in [3.63, 3.8) is 0 Å². The summed E-state index contributed by atoms with van der Waals surface area (Å²) < 4.78 is 2.28. The van der Waals surface area contributed by atoms with Crippen LogP contribution in [0.4, 0.5) is 0 Å². The van der Waals surface area contributed by atoms with E-state index < -0.39 is 0 Å². The number of rotatable bonds is 3. The second-order valence-electron chi connectivity index (χ2n) is 11.4. The summed E-state index contributed by atoms with van der Waals surface area (Å²) in [6.07, 6.45) is 10.0. The van der Waals surface area contributed by atoms with Crippen LogP contribution >= 0.6 is 0 Å². The largest absolute Gasteiger partial charge is 0.516 e. The van der Waals surface area contributed by atoms with Gasteiger partial charge in [-0.1, -0.05) is 132 Å². The second-order valence-corrected chi connectivity index (χ2v) is 11.4. The van der Waals surface area contributed by atoms with E-state index in [-0.39, 0.29) is 5.92 Å². The molecule has 6 aromatic carbocycles. The highest BCUT2D eigenvalue weighted by molar-refractivity contribution is 6.26. The van der Waals surface area contributed by atoms with E-state index in [1.165, 1.54) is 77.2 Å². The van der Waals surface area contributed by atoms with E-state index in [1.54, 1.807) is 6.08 Å². The van der Waals surface area contributed by atoms with Gasteiger partial charge in [-0.15, -0.1) is 6.58 Å². The van der Waals surface area contributed by atoms with Gasteiger partial charge in [0.05, 0.1) is 6.26 Å². The monoisotopic (exact) mass is 623 g/mol. The smallest absolute Gasteiger partial charge is 0.0757 e. The van der Waals surface area contributed by atoms with Crippen LogP contribution in [0, 0.1) is 0 Å². The minimum atomic E-state index is 0.137. The molecule has 244 valence electrons. The normalized spacial score (nSPS) is 11.5. The molecule has 0 radical (unpaired) electrons. The van der Waals surface area contributed by atoms with Crippen LogP contribution in [0.5, 0.6) is 0 Å². The van der Waals surface area contributed by atoms with Crippen LogP contribution < -0.4 is 0 Å². The van der Waals surface area contributed by atoms with Crippen molar-refractivity contribution in [1.29, 1.82) is 0 Å². The fraction of sp³-hybridized carbons (Fsp3) is 0.244. The summed E-state index contributed by atoms with van der Waals surface area (Å²) in [5, 5.41) is 19.6. The van der Waals surface area contributed by atoms with Gasteiger partial charge >= 0.3 is 0 Å². The highest BCUT2D eigenvalue weighted by Crippen LogP contribution is 2.42. The van der Waals surface area contributed by atoms with Gasteiger partial charge in [-0.2, -0.15) is 0 Å². The molecule has 1 N–H and O–H groups in total. The number of aliphatic hydroxyl groups excluding tert-OH is 1. The average molecular weight is 624 g/mol. The summed E-state index contributed by atoms with van der Waals surface area (Å²) in [5.74, 6) is 0.137. The number of para-hydroxylation sites is 1. The lowest BCUT2D eigenvalue weighted by molar-refractivity contribution is 0.469. The third-order valence-electron chi connectivity index (χ3n) is 8.12. The van der Waals surface area contributed by atoms with Crippen molar-refractivity contribution in [2.45, 2.75) is 67.7 Å². The van der Waals surface area contributed by atoms with E-state index >= 15 is 0 Å². The second kappa shape index (κ2) is 17.8. The van der Waals surface area contributed by atoms with Crippen LogP contribution in [-0.4, -0.2) is 9.67 Å². The quantitative estimate of drug-likeness (QED) is 0.118. The van der Waals surface area contributed by atoms with Gasteiger partial charge in [0.1, 0.15) is 0 Å². The molecule has 1 aromatic heterocycles. The van der Waals surface area contributed by atoms with Crippen molar-refractivity contribution < 1.29 is 5.11 Å². The van der Waals surface area contributed by atoms with E-state index in [2.05, 4.69) is 130 Å². The number of allylic oxidation sites excluding steroid dienone is 4. The van der Waals surface area contributed by atoms with Crippen molar-refractivity contribution in [3.8, 4) is 11.1 Å². The molecule has 2 heteroatoms. The first-order chi connectivity index (χ1) is 22.9. The van der Waals surface area contributed by atoms with Crippen molar-refractivity contribution in [2.75, 3.05) is 0 Å². The van der Waals surface area contributed by atoms with Crippen LogP contribution in [0.15, 0.2) is 128 Å². The first kappa shape index (κ1) is 36.6. The number of nitrogens with zero attached hydrogens (tertiary/aromatic N) is 1. The van der Waals surface area contributed by atoms with E-state index in [9.17, 15) is 5.11 Å². The zero-order valence-corrected chi connectivity index (χ0v) is 29.9. The molecule has 0 aliphatic carbocycles. The molecule has 0 saturated heterocycles. The van der Waals surface area contributed by atoms with Crippen LogP contribution in [0.25, 0.3) is 65.3 Å². The van der Waals surface area contributed by atoms with Crippen molar-refractivity contribution in [3.05, 3.63) is 134 Å². The molecule has 7 rings (SSSR count). The molecular weight excluding hydrogens is 571 g/mol. The van der Waals surface area contributed by atoms with Crippen LogP contribution in [0.2, 0.25) is 0 Å². The maximum absolute atomic E-state index is 9.36. The Hall–Kier alpha value is -4.82. The first-order valence-corrected chi connectivity index (χ1v) is 17.0. The van der Waals surface area contributed by atoms with Crippen molar-refractivity contribution in [2.24, 2.45) is 7.05 Å². The molecule has 0 aliphatic rings. The van der Waals surface area contributed by atoms with Gasteiger partial charge in [-0.05, 0) is 94.1 Å². The number of hydrogen-bond acceptors (Lipinski definition) is 1. The summed E-state index contributed by atoms with van der Waals surface area (Å²) in [7, 11) is 2.14. The summed E-state index contributed by atoms with van der Waals surface area (Å²) >= 11 is 0. The van der Waals surface area contributed by atoms with Gasteiger partial charge < -0.3 is 9.67 Å². The zero-order valence-electron chi connectivity index (χ0n) is 29.9. The molecule has 2 nitrogen and oxygen atoms in total. The van der Waals surface area contributed by atoms with Gasteiger partial charge in [-0.25, -0.2) is 0 Å². The Morgan fingerprint density at radius 3 is 1.85 bits per heavy atom. The molecule has 0 aliphatic heterocycles. The van der Waals surface area contributed by atoms with Crippen molar-refractivity contribution >= 4 is 54.1 Å². The van der Waals surface area contributed by atoms with Crippen LogP contribution in [0.3, 0.4) is 0 Å². The van der Waals surface area contributed by atoms with E-state index in [4.69, 9.17) is 0 Å². The molecular formula is C45H53NO. The fourth-order valence-corrected chi connectivity index (χ4v) is 6.04. The highest BCUT2D eigenvalue weighted by Gasteiger charge is 2.16. The Morgan fingerprint density at radius 2 is 1.23 bits per heavy atom. The van der Waals surface area contributed by atoms with Gasteiger partial charge in [-0.3, -0.25) is 0 Å². The lowest BCUT2D eigenvalue weighted by atomic mass is 9.86. The maximum Gasteiger partial charge on any atom is 0.0757 e. The Bertz CT molecular complexity index is 2090.